The van der Waals surface area contributed by atoms with Crippen molar-refractivity contribution in [1.82, 2.24) is 5.12 Å². The Kier molecular flexibility index (Phi) is 4.23. The van der Waals surface area contributed by atoms with Gasteiger partial charge in [0.25, 0.3) is 0 Å². The van der Waals surface area contributed by atoms with E-state index in [0.717, 1.165) is 5.12 Å². The minimum absolute atomic E-state index is 0.00463. The van der Waals surface area contributed by atoms with Crippen molar-refractivity contribution < 1.29 is 4.48 Å². The van der Waals surface area contributed by atoms with Gasteiger partial charge in [0, 0.05) is 7.05 Å². The zero-order valence-electron chi connectivity index (χ0n) is 6.39. The lowest BCUT2D eigenvalue weighted by Crippen LogP contribution is -2.25. The van der Waals surface area contributed by atoms with Gasteiger partial charge in [-0.2, -0.15) is 0 Å². The smallest absolute Gasteiger partial charge is 0.0871 e. The third kappa shape index (κ3) is 3.06. The largest absolute Gasteiger partial charge is 0.143 e. The molecule has 0 saturated heterocycles. The first-order chi connectivity index (χ1) is 4.09. The topological polar surface area (TPSA) is 3.24 Å². The van der Waals surface area contributed by atoms with Gasteiger partial charge >= 0.3 is 0 Å². The standard InChI is InChI=1S/C6H14FNS/c1-5(2)6(9-4)8(3)7/h5-6H,1-4H3. The second-order valence-electron chi connectivity index (χ2n) is 2.40. The van der Waals surface area contributed by atoms with Crippen molar-refractivity contribution in [3.8, 4) is 0 Å². The van der Waals surface area contributed by atoms with Crippen LogP contribution >= 0.6 is 11.8 Å². The molecule has 0 aliphatic rings. The van der Waals surface area contributed by atoms with Gasteiger partial charge in [-0.3, -0.25) is 0 Å². The van der Waals surface area contributed by atoms with Gasteiger partial charge in [0.05, 0.1) is 5.37 Å². The molecule has 56 valence electrons. The van der Waals surface area contributed by atoms with Crippen LogP contribution < -0.4 is 0 Å². The maximum Gasteiger partial charge on any atom is 0.0871 e. The quantitative estimate of drug-likeness (QED) is 0.449. The van der Waals surface area contributed by atoms with Crippen LogP contribution in [0.25, 0.3) is 0 Å². The highest BCUT2D eigenvalue weighted by molar-refractivity contribution is 7.99. The maximum atomic E-state index is 12.4. The highest BCUT2D eigenvalue weighted by Gasteiger charge is 2.15. The van der Waals surface area contributed by atoms with Gasteiger partial charge in [-0.05, 0) is 12.2 Å². The van der Waals surface area contributed by atoms with E-state index in [1.165, 1.54) is 18.8 Å². The van der Waals surface area contributed by atoms with Crippen LogP contribution in [0.2, 0.25) is 0 Å². The molecule has 0 amide bonds. The first-order valence-electron chi connectivity index (χ1n) is 3.01. The molecule has 0 aromatic heterocycles. The van der Waals surface area contributed by atoms with Crippen LogP contribution in [0.5, 0.6) is 0 Å². The molecule has 0 aromatic carbocycles. The van der Waals surface area contributed by atoms with Gasteiger partial charge in [0.15, 0.2) is 0 Å². The predicted octanol–water partition coefficient (Wildman–Crippen LogP) is 2.15. The van der Waals surface area contributed by atoms with Crippen molar-refractivity contribution in [2.24, 2.45) is 5.92 Å². The van der Waals surface area contributed by atoms with Crippen molar-refractivity contribution in [1.29, 1.82) is 0 Å². The number of nitrogens with zero attached hydrogens (tertiary/aromatic N) is 1. The summed E-state index contributed by atoms with van der Waals surface area (Å²) < 4.78 is 12.4. The summed E-state index contributed by atoms with van der Waals surface area (Å²) in [4.78, 5) is 0. The van der Waals surface area contributed by atoms with Crippen LogP contribution in [0.4, 0.5) is 4.48 Å². The highest BCUT2D eigenvalue weighted by Crippen LogP contribution is 2.19. The fraction of sp³-hybridized carbons (Fsp3) is 1.00. The minimum Gasteiger partial charge on any atom is -0.143 e. The molecular formula is C6H14FNS. The Morgan fingerprint density at radius 3 is 1.89 bits per heavy atom. The SMILES string of the molecule is CSC(C(C)C)N(C)F. The van der Waals surface area contributed by atoms with Crippen molar-refractivity contribution in [3.05, 3.63) is 0 Å². The van der Waals surface area contributed by atoms with E-state index in [0.29, 0.717) is 5.92 Å². The van der Waals surface area contributed by atoms with E-state index in [-0.39, 0.29) is 5.37 Å². The molecule has 3 heteroatoms. The van der Waals surface area contributed by atoms with E-state index in [4.69, 9.17) is 0 Å². The van der Waals surface area contributed by atoms with Crippen LogP contribution in [0.3, 0.4) is 0 Å². The molecule has 0 radical (unpaired) electrons. The summed E-state index contributed by atoms with van der Waals surface area (Å²) in [5.74, 6) is 0.370. The summed E-state index contributed by atoms with van der Waals surface area (Å²) >= 11 is 1.54. The molecule has 1 atom stereocenters. The predicted molar refractivity (Wildman–Crippen MR) is 41.0 cm³/mol. The zero-order chi connectivity index (χ0) is 7.44. The normalized spacial score (nSPS) is 15.0. The van der Waals surface area contributed by atoms with E-state index < -0.39 is 0 Å². The molecule has 1 nitrogen and oxygen atoms in total. The molecule has 0 spiro atoms. The van der Waals surface area contributed by atoms with Crippen molar-refractivity contribution in [3.63, 3.8) is 0 Å². The summed E-state index contributed by atoms with van der Waals surface area (Å²) in [6.07, 6.45) is 1.92. The van der Waals surface area contributed by atoms with Gasteiger partial charge in [0.2, 0.25) is 0 Å². The Bertz CT molecular complexity index is 67.5. The molecule has 0 aromatic rings. The fourth-order valence-electron chi connectivity index (χ4n) is 0.828. The van der Waals surface area contributed by atoms with Gasteiger partial charge < -0.3 is 0 Å². The second kappa shape index (κ2) is 4.12. The van der Waals surface area contributed by atoms with Crippen LogP contribution in [0.15, 0.2) is 0 Å². The van der Waals surface area contributed by atoms with Crippen LogP contribution in [-0.2, 0) is 0 Å². The van der Waals surface area contributed by atoms with E-state index >= 15 is 0 Å². The summed E-state index contributed by atoms with van der Waals surface area (Å²) in [6, 6.07) is 0. The van der Waals surface area contributed by atoms with Gasteiger partial charge in [-0.25, -0.2) is 0 Å². The Balaban J connectivity index is 3.68. The minimum atomic E-state index is 0.00463. The number of thioether (sulfide) groups is 1. The van der Waals surface area contributed by atoms with Crippen molar-refractivity contribution in [2.45, 2.75) is 19.2 Å². The fourth-order valence-corrected chi connectivity index (χ4v) is 1.66. The molecule has 1 unspecified atom stereocenters. The molecule has 0 aliphatic heterocycles. The average molecular weight is 151 g/mol. The van der Waals surface area contributed by atoms with E-state index in [2.05, 4.69) is 0 Å². The number of halogens is 1. The molecule has 0 heterocycles. The number of hydrogen-bond donors (Lipinski definition) is 0. The first kappa shape index (κ1) is 9.24. The number of rotatable bonds is 3. The molecule has 0 N–H and O–H groups in total. The summed E-state index contributed by atoms with van der Waals surface area (Å²) in [5, 5.41) is 0.764. The Morgan fingerprint density at radius 1 is 1.44 bits per heavy atom. The second-order valence-corrected chi connectivity index (χ2v) is 3.35. The molecule has 0 saturated carbocycles. The van der Waals surface area contributed by atoms with E-state index in [9.17, 15) is 4.48 Å². The van der Waals surface area contributed by atoms with Crippen molar-refractivity contribution in [2.75, 3.05) is 13.3 Å². The summed E-state index contributed by atoms with van der Waals surface area (Å²) in [6.45, 7) is 4.02. The number of hydrogen-bond acceptors (Lipinski definition) is 2. The third-order valence-electron chi connectivity index (χ3n) is 1.16. The first-order valence-corrected chi connectivity index (χ1v) is 4.29. The van der Waals surface area contributed by atoms with Crippen LogP contribution in [0.1, 0.15) is 13.8 Å². The lowest BCUT2D eigenvalue weighted by atomic mass is 10.2. The summed E-state index contributed by atoms with van der Waals surface area (Å²) in [5.41, 5.74) is 0. The van der Waals surface area contributed by atoms with Crippen LogP contribution in [-0.4, -0.2) is 23.8 Å². The monoisotopic (exact) mass is 151 g/mol. The lowest BCUT2D eigenvalue weighted by Gasteiger charge is -2.21. The molecule has 0 bridgehead atoms. The third-order valence-corrected chi connectivity index (χ3v) is 2.48. The average Bonchev–Trinajstić information content (AvgIpc) is 1.64. The molecule has 0 aliphatic carbocycles. The molecular weight excluding hydrogens is 137 g/mol. The summed E-state index contributed by atoms with van der Waals surface area (Å²) in [7, 11) is 1.46. The Hall–Kier alpha value is 0.240. The van der Waals surface area contributed by atoms with E-state index in [1.807, 2.05) is 20.1 Å². The molecule has 9 heavy (non-hydrogen) atoms. The van der Waals surface area contributed by atoms with Gasteiger partial charge in [-0.15, -0.1) is 21.4 Å². The lowest BCUT2D eigenvalue weighted by molar-refractivity contribution is 0.0298. The highest BCUT2D eigenvalue weighted by atomic mass is 32.2. The zero-order valence-corrected chi connectivity index (χ0v) is 7.20. The maximum absolute atomic E-state index is 12.4. The Morgan fingerprint density at radius 2 is 1.89 bits per heavy atom. The molecule has 0 fully saturated rings. The van der Waals surface area contributed by atoms with Crippen molar-refractivity contribution >= 4 is 11.8 Å². The molecule has 0 rings (SSSR count). The van der Waals surface area contributed by atoms with Gasteiger partial charge in [-0.1, -0.05) is 13.8 Å². The van der Waals surface area contributed by atoms with Gasteiger partial charge in [0.1, 0.15) is 0 Å². The Labute approximate surface area is 60.5 Å². The van der Waals surface area contributed by atoms with E-state index in [1.54, 1.807) is 0 Å². The van der Waals surface area contributed by atoms with Crippen LogP contribution in [0, 0.1) is 5.92 Å².